The van der Waals surface area contributed by atoms with Crippen LogP contribution in [-0.4, -0.2) is 24.8 Å². The van der Waals surface area contributed by atoms with E-state index in [1.165, 1.54) is 6.07 Å². The number of hydrogen-bond donors (Lipinski definition) is 3. The van der Waals surface area contributed by atoms with Crippen molar-refractivity contribution in [3.63, 3.8) is 0 Å². The fraction of sp³-hybridized carbons (Fsp3) is 0.0435. The largest absolute Gasteiger partial charge is 0.332 e. The van der Waals surface area contributed by atoms with Gasteiger partial charge in [0.15, 0.2) is 5.11 Å². The summed E-state index contributed by atoms with van der Waals surface area (Å²) in [5.41, 5.74) is 3.15. The maximum absolute atomic E-state index is 11.4. The van der Waals surface area contributed by atoms with E-state index in [4.69, 9.17) is 35.4 Å². The maximum Gasteiger partial charge on any atom is 0.229 e. The first kappa shape index (κ1) is 23.3. The van der Waals surface area contributed by atoms with Crippen molar-refractivity contribution in [3.05, 3.63) is 83.0 Å². The number of fused-ring (bicyclic) bond motifs is 1. The van der Waals surface area contributed by atoms with Crippen LogP contribution in [0.3, 0.4) is 0 Å². The topological polar surface area (TPSA) is 83.1 Å². The molecule has 0 radical (unpaired) electrons. The van der Waals surface area contributed by atoms with Crippen LogP contribution in [-0.2, 0) is 10.0 Å². The molecular weight excluding hydrogens is 499 g/mol. The quantitative estimate of drug-likeness (QED) is 0.266. The molecule has 0 saturated heterocycles. The number of halogens is 2. The van der Waals surface area contributed by atoms with Gasteiger partial charge in [0, 0.05) is 22.8 Å². The fourth-order valence-corrected chi connectivity index (χ4v) is 4.52. The summed E-state index contributed by atoms with van der Waals surface area (Å²) in [4.78, 5) is 4.54. The van der Waals surface area contributed by atoms with Crippen molar-refractivity contribution in [1.82, 2.24) is 4.98 Å². The molecule has 0 aliphatic carbocycles. The van der Waals surface area contributed by atoms with Gasteiger partial charge in [-0.3, -0.25) is 9.71 Å². The van der Waals surface area contributed by atoms with Gasteiger partial charge in [-0.05, 0) is 60.1 Å². The number of anilines is 3. The second kappa shape index (κ2) is 9.52. The van der Waals surface area contributed by atoms with Crippen LogP contribution in [0.25, 0.3) is 22.0 Å². The Hall–Kier alpha value is -2.91. The highest BCUT2D eigenvalue weighted by Gasteiger charge is 2.12. The molecule has 1 aromatic heterocycles. The molecule has 0 unspecified atom stereocenters. The molecular formula is C23H18Cl2N4O2S2. The van der Waals surface area contributed by atoms with Crippen molar-refractivity contribution in [2.45, 2.75) is 0 Å². The first-order chi connectivity index (χ1) is 15.7. The van der Waals surface area contributed by atoms with Crippen LogP contribution in [0.5, 0.6) is 0 Å². The standard InChI is InChI=1S/C23H18Cl2N4O2S2/c1-33(30,31)29-16-7-9-21(20(25)13-16)28-23(32)27-15-6-8-19(24)18(12-15)22-17-5-3-2-4-14(17)10-11-26-22/h2-13,29H,1H3,(H2,27,28,32). The molecule has 0 aliphatic heterocycles. The van der Waals surface area contributed by atoms with Crippen molar-refractivity contribution in [3.8, 4) is 11.3 Å². The number of nitrogens with zero attached hydrogens (tertiary/aromatic N) is 1. The first-order valence-corrected chi connectivity index (χ1v) is 12.7. The predicted molar refractivity (Wildman–Crippen MR) is 142 cm³/mol. The van der Waals surface area contributed by atoms with E-state index in [-0.39, 0.29) is 0 Å². The Kier molecular flexibility index (Phi) is 6.71. The van der Waals surface area contributed by atoms with E-state index in [1.807, 2.05) is 42.5 Å². The van der Waals surface area contributed by atoms with Crippen LogP contribution < -0.4 is 15.4 Å². The lowest BCUT2D eigenvalue weighted by molar-refractivity contribution is 0.607. The van der Waals surface area contributed by atoms with Gasteiger partial charge in [-0.1, -0.05) is 47.5 Å². The Labute approximate surface area is 207 Å². The number of benzene rings is 3. The molecule has 3 N–H and O–H groups in total. The summed E-state index contributed by atoms with van der Waals surface area (Å²) in [5, 5.41) is 9.38. The molecule has 10 heteroatoms. The maximum atomic E-state index is 11.4. The Morgan fingerprint density at radius 3 is 2.42 bits per heavy atom. The van der Waals surface area contributed by atoms with Crippen molar-refractivity contribution >= 4 is 78.4 Å². The molecule has 0 amide bonds. The van der Waals surface area contributed by atoms with Gasteiger partial charge in [-0.2, -0.15) is 0 Å². The highest BCUT2D eigenvalue weighted by Crippen LogP contribution is 2.34. The highest BCUT2D eigenvalue weighted by molar-refractivity contribution is 7.92. The van der Waals surface area contributed by atoms with E-state index >= 15 is 0 Å². The first-order valence-electron chi connectivity index (χ1n) is 9.69. The summed E-state index contributed by atoms with van der Waals surface area (Å²) in [5.74, 6) is 0. The predicted octanol–water partition coefficient (Wildman–Crippen LogP) is 6.39. The lowest BCUT2D eigenvalue weighted by Gasteiger charge is -2.14. The molecule has 0 spiro atoms. The molecule has 3 aromatic carbocycles. The van der Waals surface area contributed by atoms with E-state index in [9.17, 15) is 8.42 Å². The van der Waals surface area contributed by atoms with Crippen molar-refractivity contribution in [2.75, 3.05) is 21.6 Å². The van der Waals surface area contributed by atoms with Crippen molar-refractivity contribution < 1.29 is 8.42 Å². The minimum absolute atomic E-state index is 0.305. The summed E-state index contributed by atoms with van der Waals surface area (Å²) < 4.78 is 25.2. The number of aromatic nitrogens is 1. The fourth-order valence-electron chi connectivity index (χ4n) is 3.30. The number of thiocarbonyl (C=S) groups is 1. The molecule has 0 fully saturated rings. The van der Waals surface area contributed by atoms with Crippen LogP contribution in [0.15, 0.2) is 72.9 Å². The molecule has 33 heavy (non-hydrogen) atoms. The SMILES string of the molecule is CS(=O)(=O)Nc1ccc(NC(=S)Nc2ccc(Cl)c(-c3nccc4ccccc34)c2)c(Cl)c1. The third-order valence-corrected chi connectivity index (χ3v) is 6.13. The summed E-state index contributed by atoms with van der Waals surface area (Å²) in [6.45, 7) is 0. The monoisotopic (exact) mass is 516 g/mol. The zero-order valence-corrected chi connectivity index (χ0v) is 20.4. The number of hydrogen-bond acceptors (Lipinski definition) is 4. The molecule has 0 bridgehead atoms. The Morgan fingerprint density at radius 2 is 1.67 bits per heavy atom. The van der Waals surface area contributed by atoms with E-state index in [0.717, 1.165) is 28.3 Å². The van der Waals surface area contributed by atoms with Crippen LogP contribution >= 0.6 is 35.4 Å². The number of nitrogens with one attached hydrogen (secondary N) is 3. The average Bonchev–Trinajstić information content (AvgIpc) is 2.75. The van der Waals surface area contributed by atoms with Crippen LogP contribution in [0.1, 0.15) is 0 Å². The number of pyridine rings is 1. The molecule has 1 heterocycles. The normalized spacial score (nSPS) is 11.2. The second-order valence-electron chi connectivity index (χ2n) is 7.22. The third kappa shape index (κ3) is 5.72. The molecule has 4 rings (SSSR count). The molecule has 0 aliphatic rings. The summed E-state index contributed by atoms with van der Waals surface area (Å²) in [6, 6.07) is 20.1. The lowest BCUT2D eigenvalue weighted by atomic mass is 10.0. The number of rotatable bonds is 5. The second-order valence-corrected chi connectivity index (χ2v) is 10.2. The van der Waals surface area contributed by atoms with Crippen LogP contribution in [0.2, 0.25) is 10.0 Å². The molecule has 0 saturated carbocycles. The van der Waals surface area contributed by atoms with Gasteiger partial charge in [-0.25, -0.2) is 8.42 Å². The highest BCUT2D eigenvalue weighted by atomic mass is 35.5. The van der Waals surface area contributed by atoms with Crippen molar-refractivity contribution in [2.24, 2.45) is 0 Å². The van der Waals surface area contributed by atoms with Crippen LogP contribution in [0, 0.1) is 0 Å². The summed E-state index contributed by atoms with van der Waals surface area (Å²) in [7, 11) is -3.40. The zero-order chi connectivity index (χ0) is 23.6. The van der Waals surface area contributed by atoms with Gasteiger partial charge < -0.3 is 10.6 Å². The Morgan fingerprint density at radius 1 is 0.909 bits per heavy atom. The van der Waals surface area contributed by atoms with E-state index in [0.29, 0.717) is 32.2 Å². The van der Waals surface area contributed by atoms with Crippen LogP contribution in [0.4, 0.5) is 17.1 Å². The van der Waals surface area contributed by atoms with Gasteiger partial charge in [-0.15, -0.1) is 0 Å². The van der Waals surface area contributed by atoms with E-state index in [2.05, 4.69) is 20.3 Å². The van der Waals surface area contributed by atoms with Gasteiger partial charge in [0.05, 0.1) is 33.4 Å². The van der Waals surface area contributed by atoms with Gasteiger partial charge >= 0.3 is 0 Å². The Bertz CT molecular complexity index is 1470. The summed E-state index contributed by atoms with van der Waals surface area (Å²) >= 11 is 18.2. The van der Waals surface area contributed by atoms with Crippen molar-refractivity contribution in [1.29, 1.82) is 0 Å². The third-order valence-electron chi connectivity index (χ3n) is 4.67. The Balaban J connectivity index is 1.55. The number of sulfonamides is 1. The molecule has 0 atom stereocenters. The minimum Gasteiger partial charge on any atom is -0.332 e. The van der Waals surface area contributed by atoms with Gasteiger partial charge in [0.25, 0.3) is 0 Å². The smallest absolute Gasteiger partial charge is 0.229 e. The average molecular weight is 517 g/mol. The molecule has 6 nitrogen and oxygen atoms in total. The molecule has 168 valence electrons. The van der Waals surface area contributed by atoms with E-state index in [1.54, 1.807) is 24.4 Å². The van der Waals surface area contributed by atoms with Gasteiger partial charge in [0.1, 0.15) is 0 Å². The van der Waals surface area contributed by atoms with Gasteiger partial charge in [0.2, 0.25) is 10.0 Å². The zero-order valence-electron chi connectivity index (χ0n) is 17.3. The summed E-state index contributed by atoms with van der Waals surface area (Å²) in [6.07, 6.45) is 2.82. The minimum atomic E-state index is -3.40. The van der Waals surface area contributed by atoms with E-state index < -0.39 is 10.0 Å². The molecule has 4 aromatic rings. The lowest BCUT2D eigenvalue weighted by Crippen LogP contribution is -2.19.